The van der Waals surface area contributed by atoms with Crippen molar-refractivity contribution in [3.63, 3.8) is 0 Å². The van der Waals surface area contributed by atoms with Crippen molar-refractivity contribution in [2.45, 2.75) is 153 Å². The number of hydroxylamine groups is 2. The second-order valence-electron chi connectivity index (χ2n) is 22.0. The molecule has 4 bridgehead atoms. The summed E-state index contributed by atoms with van der Waals surface area (Å²) < 4.78 is 29.3. The number of unbranched alkanes of at least 4 members (excludes halogenated alkanes) is 1. The lowest BCUT2D eigenvalue weighted by molar-refractivity contribution is -0.197. The lowest BCUT2D eigenvalue weighted by Gasteiger charge is -2.42. The minimum Gasteiger partial charge on any atom is -0.495 e. The Morgan fingerprint density at radius 3 is 2.35 bits per heavy atom. The van der Waals surface area contributed by atoms with Gasteiger partial charge in [0, 0.05) is 71.0 Å². The summed E-state index contributed by atoms with van der Waals surface area (Å²) in [6.07, 6.45) is -0.219. The highest BCUT2D eigenvalue weighted by Crippen LogP contribution is 2.49. The number of carbonyl (C=O) groups excluding carboxylic acids is 10. The minimum atomic E-state index is -1.92. The lowest BCUT2D eigenvalue weighted by Crippen LogP contribution is -2.63. The highest BCUT2D eigenvalue weighted by Gasteiger charge is 2.64. The van der Waals surface area contributed by atoms with E-state index in [1.54, 1.807) is 52.0 Å². The predicted molar refractivity (Wildman–Crippen MR) is 309 cm³/mol. The van der Waals surface area contributed by atoms with Crippen molar-refractivity contribution in [3.05, 3.63) is 69.7 Å². The van der Waals surface area contributed by atoms with Gasteiger partial charge < -0.3 is 70.3 Å². The number of hydrogen-bond donors (Lipinski definition) is 8. The monoisotopic (exact) mass is 1230 g/mol. The number of aliphatic hydroxyl groups is 1. The Balaban J connectivity index is 1.16. The van der Waals surface area contributed by atoms with Gasteiger partial charge in [-0.15, -0.1) is 5.06 Å². The molecule has 2 aromatic carbocycles. The number of methoxy groups -OCH3 is 2. The summed E-state index contributed by atoms with van der Waals surface area (Å²) in [7, 11) is 4.36. The van der Waals surface area contributed by atoms with E-state index in [0.717, 1.165) is 11.1 Å². The van der Waals surface area contributed by atoms with Crippen molar-refractivity contribution in [1.29, 1.82) is 0 Å². The van der Waals surface area contributed by atoms with Gasteiger partial charge in [0.15, 0.2) is 5.72 Å². The van der Waals surface area contributed by atoms with E-state index in [1.807, 2.05) is 13.0 Å². The average molecular weight is 1230 g/mol. The molecule has 9 amide bonds. The Morgan fingerprint density at radius 1 is 1.00 bits per heavy atom. The quantitative estimate of drug-likeness (QED) is 0.0323. The molecule has 0 saturated carbocycles. The number of hydrogen-bond acceptors (Lipinski definition) is 18. The largest absolute Gasteiger partial charge is 0.495 e. The fraction of sp³-hybridized carbons (Fsp3) is 0.544. The van der Waals surface area contributed by atoms with Crippen LogP contribution in [0, 0.1) is 11.8 Å². The fourth-order valence-electron chi connectivity index (χ4n) is 10.2. The molecule has 0 radical (unpaired) electrons. The number of alkyl carbamates (subject to hydrolysis) is 1. The molecule has 85 heavy (non-hydrogen) atoms. The van der Waals surface area contributed by atoms with Crippen LogP contribution in [0.1, 0.15) is 104 Å². The molecule has 0 aromatic heterocycles. The first-order chi connectivity index (χ1) is 40.2. The van der Waals surface area contributed by atoms with Crippen LogP contribution in [0.5, 0.6) is 5.75 Å². The first-order valence-electron chi connectivity index (χ1n) is 27.7. The third kappa shape index (κ3) is 17.2. The van der Waals surface area contributed by atoms with Gasteiger partial charge in [0.1, 0.15) is 46.5 Å². The molecule has 0 unspecified atom stereocenters. The Hall–Kier alpha value is -7.36. The zero-order valence-electron chi connectivity index (χ0n) is 48.6. The number of benzene rings is 2. The van der Waals surface area contributed by atoms with Crippen LogP contribution in [0.2, 0.25) is 10.0 Å². The van der Waals surface area contributed by atoms with E-state index in [0.29, 0.717) is 29.2 Å². The summed E-state index contributed by atoms with van der Waals surface area (Å²) in [6.45, 7) is 8.54. The third-order valence-corrected chi connectivity index (χ3v) is 16.1. The van der Waals surface area contributed by atoms with Gasteiger partial charge in [-0.05, 0) is 87.8 Å². The number of nitrogens with two attached hydrogens (primary N) is 1. The highest BCUT2D eigenvalue weighted by atomic mass is 35.5. The van der Waals surface area contributed by atoms with Crippen LogP contribution >= 0.6 is 23.2 Å². The number of rotatable bonds is 22. The van der Waals surface area contributed by atoms with Crippen LogP contribution in [0.4, 0.5) is 31.4 Å². The normalized spacial score (nSPS) is 25.4. The molecular weight excluding hydrogens is 1150 g/mol. The van der Waals surface area contributed by atoms with Crippen LogP contribution in [-0.4, -0.2) is 152 Å². The maximum Gasteiger partial charge on any atom is 0.412 e. The molecule has 0 spiro atoms. The summed E-state index contributed by atoms with van der Waals surface area (Å²) in [5.74, 6) is -4.57. The van der Waals surface area contributed by atoms with E-state index in [2.05, 4.69) is 31.9 Å². The number of carbonyl (C=O) groups is 10. The van der Waals surface area contributed by atoms with E-state index in [9.17, 15) is 53.1 Å². The number of nitrogens with one attached hydrogen (secondary N) is 6. The Labute approximate surface area is 501 Å². The van der Waals surface area contributed by atoms with Crippen molar-refractivity contribution in [2.24, 2.45) is 17.6 Å². The standard InChI is InChI=1S/C57H75Cl2N9O17/c1-31(2)56(30-69,65-44(70)16-9-10-17-48(74)85-68-45(71)20-21-46(68)72)29-62-38(14-12-22-61-52(60)76)51(75)63-35-18-19-37(36(58)26-35)64-53(77)83-43-27-47(73)67(6)39-24-34(25-40(80-7)49(39)59)23-32(3)13-11-15-42(81-8)57(79)28-41(82-54(78)66-57)33(4)50-55(43,5)84-50/h11,13,15,18-19,24-26,30-31,33,38,41-43,50,62,79H,9-10,12,14,16-17,20-23,27-29H2,1-8H3,(H,63,75)(H,64,77)(H,65,70)(H,66,78)(H3,60,61,76)/b15-11+,32-13+/t33-,38+,41+,42-,43+,50+,55+,56-,57+/m1/s1. The number of ether oxygens (including phenoxy) is 5. The Morgan fingerprint density at radius 2 is 1.71 bits per heavy atom. The first-order valence-corrected chi connectivity index (χ1v) is 28.5. The topological polar surface area (TPSA) is 354 Å². The first kappa shape index (κ1) is 66.8. The van der Waals surface area contributed by atoms with Gasteiger partial charge in [-0.2, -0.15) is 0 Å². The minimum absolute atomic E-state index is 0.0318. The van der Waals surface area contributed by atoms with E-state index in [1.165, 1.54) is 44.4 Å². The second kappa shape index (κ2) is 29.2. The number of epoxide rings is 1. The molecule has 9 atom stereocenters. The van der Waals surface area contributed by atoms with E-state index >= 15 is 0 Å². The number of allylic oxidation sites excluding steroid dienone is 3. The van der Waals surface area contributed by atoms with Gasteiger partial charge >= 0.3 is 24.2 Å². The lowest BCUT2D eigenvalue weighted by atomic mass is 9.83. The molecule has 4 aliphatic heterocycles. The number of nitrogens with zero attached hydrogens (tertiary/aromatic N) is 2. The number of halogens is 2. The van der Waals surface area contributed by atoms with E-state index in [-0.39, 0.29) is 92.3 Å². The number of anilines is 3. The van der Waals surface area contributed by atoms with Crippen LogP contribution < -0.4 is 47.3 Å². The zero-order valence-corrected chi connectivity index (χ0v) is 50.1. The molecule has 3 saturated heterocycles. The van der Waals surface area contributed by atoms with Crippen LogP contribution in [0.25, 0.3) is 0 Å². The molecule has 0 aliphatic carbocycles. The average Bonchev–Trinajstić information content (AvgIpc) is 1.78. The van der Waals surface area contributed by atoms with Gasteiger partial charge in [-0.25, -0.2) is 19.2 Å². The summed E-state index contributed by atoms with van der Waals surface area (Å²) >= 11 is 13.6. The third-order valence-electron chi connectivity index (χ3n) is 15.4. The van der Waals surface area contributed by atoms with Crippen molar-refractivity contribution < 1.29 is 81.6 Å². The molecule has 6 rings (SSSR count). The van der Waals surface area contributed by atoms with Gasteiger partial charge in [-0.1, -0.05) is 67.8 Å². The second-order valence-corrected chi connectivity index (χ2v) is 22.8. The van der Waals surface area contributed by atoms with Crippen LogP contribution in [0.15, 0.2) is 54.1 Å². The number of primary amides is 1. The number of aldehydes is 1. The van der Waals surface area contributed by atoms with Gasteiger partial charge in [0.05, 0.1) is 42.1 Å². The summed E-state index contributed by atoms with van der Waals surface area (Å²) in [6, 6.07) is 5.84. The fourth-order valence-corrected chi connectivity index (χ4v) is 10.8. The van der Waals surface area contributed by atoms with Crippen LogP contribution in [-0.2, 0) is 63.8 Å². The van der Waals surface area contributed by atoms with Crippen molar-refractivity contribution >= 4 is 100 Å². The van der Waals surface area contributed by atoms with Gasteiger partial charge in [-0.3, -0.25) is 34.6 Å². The maximum absolute atomic E-state index is 14.4. The van der Waals surface area contributed by atoms with Crippen molar-refractivity contribution in [3.8, 4) is 5.75 Å². The van der Waals surface area contributed by atoms with Gasteiger partial charge in [0.25, 0.3) is 11.8 Å². The molecule has 9 N–H and O–H groups in total. The molecule has 464 valence electrons. The SMILES string of the molecule is COc1cc2cc(c1Cl)N(C)C(=O)C[C@H](OC(=O)Nc1ccc(NC(=O)[C@H](CCCNC(N)=O)NC[C@](C=O)(NC(=O)CCCCC(=O)ON3C(=O)CCC3=O)C(C)C)cc1Cl)[C@]1(C)O[C@H]1[C@H](C)[C@@H]1C[C@@](O)(NC(=O)O1)[C@H](OC)/C=C/C=C(\C)C2. The summed E-state index contributed by atoms with van der Waals surface area (Å²) in [4.78, 5) is 135. The Kier molecular flexibility index (Phi) is 22.9. The number of fused-ring (bicyclic) bond motifs is 5. The molecule has 28 heteroatoms. The molecule has 4 aliphatic rings. The van der Waals surface area contributed by atoms with Crippen molar-refractivity contribution in [2.75, 3.05) is 49.9 Å². The number of urea groups is 1. The maximum atomic E-state index is 14.4. The summed E-state index contributed by atoms with van der Waals surface area (Å²) in [5, 5.41) is 28.6. The predicted octanol–water partition coefficient (Wildman–Crippen LogP) is 5.25. The zero-order chi connectivity index (χ0) is 62.6. The van der Waals surface area contributed by atoms with E-state index in [4.69, 9.17) is 57.5 Å². The molecular formula is C57H75Cl2N9O17. The van der Waals surface area contributed by atoms with Crippen molar-refractivity contribution in [1.82, 2.24) is 26.3 Å². The number of imide groups is 1. The molecule has 2 aromatic rings. The van der Waals surface area contributed by atoms with Gasteiger partial charge in [0.2, 0.25) is 17.7 Å². The smallest absolute Gasteiger partial charge is 0.412 e. The molecule has 3 fully saturated rings. The Bertz CT molecular complexity index is 2930. The highest BCUT2D eigenvalue weighted by molar-refractivity contribution is 6.35. The number of amides is 9. The molecule has 4 heterocycles. The van der Waals surface area contributed by atoms with E-state index < -0.39 is 119 Å². The van der Waals surface area contributed by atoms with Crippen LogP contribution in [0.3, 0.4) is 0 Å². The molecule has 26 nitrogen and oxygen atoms in total. The summed E-state index contributed by atoms with van der Waals surface area (Å²) in [5.41, 5.74) is 2.56.